The van der Waals surface area contributed by atoms with Crippen LogP contribution in [0.3, 0.4) is 0 Å². The summed E-state index contributed by atoms with van der Waals surface area (Å²) in [4.78, 5) is 39.3. The van der Waals surface area contributed by atoms with Crippen LogP contribution in [0.1, 0.15) is 40.4 Å². The Kier molecular flexibility index (Phi) is 3.69. The topological polar surface area (TPSA) is 66.5 Å². The number of urea groups is 1. The molecular weight excluding hydrogens is 276 g/mol. The molecule has 0 saturated carbocycles. The number of Topliss-reactive ketones (excluding diaryl/α,β-unsaturated/α-hetero) is 1. The molecule has 1 aromatic rings. The molecular formula is C14H18N2O3S. The van der Waals surface area contributed by atoms with E-state index in [1.54, 1.807) is 13.0 Å². The average Bonchev–Trinajstić information content (AvgIpc) is 2.82. The maximum atomic E-state index is 12.3. The number of aryl methyl sites for hydroxylation is 2. The van der Waals surface area contributed by atoms with Gasteiger partial charge in [-0.25, -0.2) is 4.79 Å². The summed E-state index contributed by atoms with van der Waals surface area (Å²) in [5.41, 5.74) is -0.296. The molecule has 1 fully saturated rings. The second-order valence-corrected chi connectivity index (χ2v) is 6.72. The Labute approximate surface area is 122 Å². The standard InChI is InChI=1S/C14H18N2O3S/c1-5-14(4)12(18)16(13(19)15-14)7-11(17)10-6-8(2)20-9(10)3/h6H,5,7H2,1-4H3,(H,15,19). The van der Waals surface area contributed by atoms with Crippen LogP contribution in [0.4, 0.5) is 4.79 Å². The minimum atomic E-state index is -0.892. The van der Waals surface area contributed by atoms with Crippen molar-refractivity contribution in [2.45, 2.75) is 39.7 Å². The maximum Gasteiger partial charge on any atom is 0.325 e. The Balaban J connectivity index is 2.18. The molecule has 1 unspecified atom stereocenters. The Bertz CT molecular complexity index is 593. The highest BCUT2D eigenvalue weighted by atomic mass is 32.1. The Morgan fingerprint density at radius 2 is 2.05 bits per heavy atom. The fourth-order valence-corrected chi connectivity index (χ4v) is 3.21. The summed E-state index contributed by atoms with van der Waals surface area (Å²) in [5.74, 6) is -0.529. The molecule has 0 aromatic carbocycles. The van der Waals surface area contributed by atoms with Gasteiger partial charge in [-0.05, 0) is 33.3 Å². The lowest BCUT2D eigenvalue weighted by atomic mass is 9.99. The summed E-state index contributed by atoms with van der Waals surface area (Å²) in [5, 5.41) is 2.64. The molecule has 2 rings (SSSR count). The van der Waals surface area contributed by atoms with Crippen LogP contribution in [0.5, 0.6) is 0 Å². The van der Waals surface area contributed by atoms with Crippen LogP contribution in [0.2, 0.25) is 0 Å². The predicted octanol–water partition coefficient (Wildman–Crippen LogP) is 2.27. The van der Waals surface area contributed by atoms with Crippen molar-refractivity contribution in [3.8, 4) is 0 Å². The van der Waals surface area contributed by atoms with E-state index >= 15 is 0 Å². The molecule has 3 amide bonds. The van der Waals surface area contributed by atoms with E-state index in [1.165, 1.54) is 11.3 Å². The van der Waals surface area contributed by atoms with Gasteiger partial charge in [0.25, 0.3) is 5.91 Å². The number of hydrogen-bond donors (Lipinski definition) is 1. The lowest BCUT2D eigenvalue weighted by Gasteiger charge is -2.18. The second kappa shape index (κ2) is 5.01. The van der Waals surface area contributed by atoms with Gasteiger partial charge in [-0.15, -0.1) is 11.3 Å². The van der Waals surface area contributed by atoms with Crippen LogP contribution in [-0.4, -0.2) is 34.7 Å². The number of ketones is 1. The molecule has 6 heteroatoms. The number of nitrogens with one attached hydrogen (secondary N) is 1. The minimum absolute atomic E-state index is 0.197. The van der Waals surface area contributed by atoms with E-state index in [-0.39, 0.29) is 18.2 Å². The van der Waals surface area contributed by atoms with E-state index in [2.05, 4.69) is 5.32 Å². The van der Waals surface area contributed by atoms with Crippen molar-refractivity contribution in [2.75, 3.05) is 6.54 Å². The van der Waals surface area contributed by atoms with Crippen molar-refractivity contribution in [3.05, 3.63) is 21.4 Å². The molecule has 5 nitrogen and oxygen atoms in total. The first kappa shape index (κ1) is 14.7. The summed E-state index contributed by atoms with van der Waals surface area (Å²) in [7, 11) is 0. The number of amides is 3. The van der Waals surface area contributed by atoms with Gasteiger partial charge in [0.1, 0.15) is 5.54 Å². The lowest BCUT2D eigenvalue weighted by Crippen LogP contribution is -2.43. The number of rotatable bonds is 4. The smallest absolute Gasteiger partial charge is 0.323 e. The molecule has 1 atom stereocenters. The fourth-order valence-electron chi connectivity index (χ4n) is 2.27. The van der Waals surface area contributed by atoms with Crippen molar-refractivity contribution < 1.29 is 14.4 Å². The number of thiophene rings is 1. The van der Waals surface area contributed by atoms with Gasteiger partial charge < -0.3 is 5.32 Å². The van der Waals surface area contributed by atoms with E-state index < -0.39 is 11.6 Å². The summed E-state index contributed by atoms with van der Waals surface area (Å²) in [6.45, 7) is 7.11. The molecule has 1 aliphatic rings. The molecule has 1 aliphatic heterocycles. The summed E-state index contributed by atoms with van der Waals surface area (Å²) in [6, 6.07) is 1.32. The van der Waals surface area contributed by atoms with Crippen LogP contribution < -0.4 is 5.32 Å². The zero-order valence-corrected chi connectivity index (χ0v) is 12.9. The van der Waals surface area contributed by atoms with Crippen molar-refractivity contribution >= 4 is 29.1 Å². The van der Waals surface area contributed by atoms with Crippen LogP contribution in [0.25, 0.3) is 0 Å². The van der Waals surface area contributed by atoms with Crippen LogP contribution >= 0.6 is 11.3 Å². The van der Waals surface area contributed by atoms with E-state index in [9.17, 15) is 14.4 Å². The van der Waals surface area contributed by atoms with E-state index in [4.69, 9.17) is 0 Å². The highest BCUT2D eigenvalue weighted by Crippen LogP contribution is 2.24. The second-order valence-electron chi connectivity index (χ2n) is 5.26. The van der Waals surface area contributed by atoms with E-state index in [0.29, 0.717) is 12.0 Å². The number of carbonyl (C=O) groups excluding carboxylic acids is 3. The number of nitrogens with zero attached hydrogens (tertiary/aromatic N) is 1. The molecule has 1 aromatic heterocycles. The molecule has 20 heavy (non-hydrogen) atoms. The third-order valence-corrected chi connectivity index (χ3v) is 4.66. The van der Waals surface area contributed by atoms with E-state index in [0.717, 1.165) is 14.7 Å². The first-order valence-corrected chi connectivity index (χ1v) is 7.34. The highest BCUT2D eigenvalue weighted by Gasteiger charge is 2.47. The summed E-state index contributed by atoms with van der Waals surface area (Å²) >= 11 is 1.54. The third kappa shape index (κ3) is 2.35. The SMILES string of the molecule is CCC1(C)NC(=O)N(CC(=O)c2cc(C)sc2C)C1=O. The van der Waals surface area contributed by atoms with Crippen molar-refractivity contribution in [1.82, 2.24) is 10.2 Å². The number of imide groups is 1. The van der Waals surface area contributed by atoms with Gasteiger partial charge in [-0.3, -0.25) is 14.5 Å². The average molecular weight is 294 g/mol. The molecule has 2 heterocycles. The Hall–Kier alpha value is -1.69. The number of hydrogen-bond acceptors (Lipinski definition) is 4. The van der Waals surface area contributed by atoms with Crippen LogP contribution in [-0.2, 0) is 4.79 Å². The molecule has 1 N–H and O–H groups in total. The van der Waals surface area contributed by atoms with Gasteiger partial charge in [0.05, 0.1) is 6.54 Å². The van der Waals surface area contributed by atoms with Gasteiger partial charge in [-0.1, -0.05) is 6.92 Å². The predicted molar refractivity (Wildman–Crippen MR) is 77.1 cm³/mol. The van der Waals surface area contributed by atoms with Gasteiger partial charge in [0.15, 0.2) is 5.78 Å². The van der Waals surface area contributed by atoms with Crippen LogP contribution in [0, 0.1) is 13.8 Å². The zero-order chi connectivity index (χ0) is 15.1. The fraction of sp³-hybridized carbons (Fsp3) is 0.500. The monoisotopic (exact) mass is 294 g/mol. The first-order chi connectivity index (χ1) is 9.28. The summed E-state index contributed by atoms with van der Waals surface area (Å²) < 4.78 is 0. The molecule has 0 bridgehead atoms. The largest absolute Gasteiger partial charge is 0.325 e. The van der Waals surface area contributed by atoms with Crippen molar-refractivity contribution in [2.24, 2.45) is 0 Å². The highest BCUT2D eigenvalue weighted by molar-refractivity contribution is 7.12. The van der Waals surface area contributed by atoms with E-state index in [1.807, 2.05) is 20.8 Å². The molecule has 0 radical (unpaired) electrons. The quantitative estimate of drug-likeness (QED) is 0.684. The van der Waals surface area contributed by atoms with Crippen LogP contribution in [0.15, 0.2) is 6.07 Å². The van der Waals surface area contributed by atoms with Crippen molar-refractivity contribution in [3.63, 3.8) is 0 Å². The lowest BCUT2D eigenvalue weighted by molar-refractivity contribution is -0.130. The van der Waals surface area contributed by atoms with Gasteiger partial charge >= 0.3 is 6.03 Å². The first-order valence-electron chi connectivity index (χ1n) is 6.53. The third-order valence-electron chi connectivity index (χ3n) is 3.70. The molecule has 0 spiro atoms. The molecule has 0 aliphatic carbocycles. The minimum Gasteiger partial charge on any atom is -0.323 e. The summed E-state index contributed by atoms with van der Waals surface area (Å²) in [6.07, 6.45) is 0.499. The van der Waals surface area contributed by atoms with Gasteiger partial charge in [0.2, 0.25) is 0 Å². The van der Waals surface area contributed by atoms with Gasteiger partial charge in [0, 0.05) is 15.3 Å². The molecule has 108 valence electrons. The number of carbonyl (C=O) groups is 3. The Morgan fingerprint density at radius 1 is 1.40 bits per heavy atom. The normalized spacial score (nSPS) is 22.3. The van der Waals surface area contributed by atoms with Gasteiger partial charge in [-0.2, -0.15) is 0 Å². The van der Waals surface area contributed by atoms with Crippen molar-refractivity contribution in [1.29, 1.82) is 0 Å². The molecule has 1 saturated heterocycles. The Morgan fingerprint density at radius 3 is 2.50 bits per heavy atom. The zero-order valence-electron chi connectivity index (χ0n) is 12.1. The maximum absolute atomic E-state index is 12.3.